The molecule has 0 bridgehead atoms. The molecule has 2 rings (SSSR count). The van der Waals surface area contributed by atoms with E-state index >= 15 is 0 Å². The summed E-state index contributed by atoms with van der Waals surface area (Å²) in [7, 11) is 0. The Balaban J connectivity index is 0.00000162. The molecular weight excluding hydrogens is 273 g/mol. The van der Waals surface area contributed by atoms with Crippen LogP contribution in [-0.4, -0.2) is 16.9 Å². The van der Waals surface area contributed by atoms with Crippen LogP contribution in [0.3, 0.4) is 0 Å². The number of rotatable bonds is 2. The number of nitrogens with zero attached hydrogens (tertiary/aromatic N) is 1. The molecule has 1 saturated carbocycles. The minimum absolute atomic E-state index is 0. The van der Waals surface area contributed by atoms with Crippen molar-refractivity contribution in [3.8, 4) is 0 Å². The molecule has 1 aromatic rings. The second-order valence-electron chi connectivity index (χ2n) is 4.58. The van der Waals surface area contributed by atoms with E-state index in [4.69, 9.17) is 23.1 Å². The van der Waals surface area contributed by atoms with Crippen LogP contribution in [0.15, 0.2) is 18.5 Å². The molecule has 0 aromatic carbocycles. The van der Waals surface area contributed by atoms with Gasteiger partial charge >= 0.3 is 0 Å². The monoisotopic (exact) mass is 289 g/mol. The summed E-state index contributed by atoms with van der Waals surface area (Å²) >= 11 is 6.12. The van der Waals surface area contributed by atoms with Gasteiger partial charge in [-0.1, -0.05) is 11.6 Å². The van der Waals surface area contributed by atoms with Gasteiger partial charge in [0.1, 0.15) is 0 Å². The van der Waals surface area contributed by atoms with Gasteiger partial charge in [0, 0.05) is 30.3 Å². The van der Waals surface area contributed by atoms with Crippen molar-refractivity contribution in [2.24, 2.45) is 17.4 Å². The number of carbonyl (C=O) groups is 1. The first kappa shape index (κ1) is 15.2. The third-order valence-electron chi connectivity index (χ3n) is 3.51. The van der Waals surface area contributed by atoms with Crippen molar-refractivity contribution in [1.29, 1.82) is 0 Å². The van der Waals surface area contributed by atoms with E-state index in [9.17, 15) is 4.79 Å². The molecule has 1 fully saturated rings. The Bertz CT molecular complexity index is 428. The van der Waals surface area contributed by atoms with Crippen molar-refractivity contribution in [3.63, 3.8) is 0 Å². The summed E-state index contributed by atoms with van der Waals surface area (Å²) in [5.74, 6) is -0.243. The number of pyridine rings is 1. The highest BCUT2D eigenvalue weighted by atomic mass is 35.5. The van der Waals surface area contributed by atoms with Crippen LogP contribution in [0.1, 0.15) is 30.7 Å². The Morgan fingerprint density at radius 1 is 1.44 bits per heavy atom. The summed E-state index contributed by atoms with van der Waals surface area (Å²) in [5, 5.41) is 0.609. The number of hydrogen-bond acceptors (Lipinski definition) is 3. The average Bonchev–Trinajstić information content (AvgIpc) is 2.30. The molecule has 6 heteroatoms. The zero-order chi connectivity index (χ0) is 12.4. The Kier molecular flexibility index (Phi) is 5.38. The van der Waals surface area contributed by atoms with Crippen LogP contribution in [0.4, 0.5) is 0 Å². The molecule has 0 radical (unpaired) electrons. The number of halogens is 2. The SMILES string of the molecule is Cl.NC(=O)C1CCC(N)C(c2ccncc2Cl)C1. The van der Waals surface area contributed by atoms with Gasteiger partial charge in [0.05, 0.1) is 5.02 Å². The van der Waals surface area contributed by atoms with Crippen molar-refractivity contribution >= 4 is 29.9 Å². The molecule has 1 aliphatic carbocycles. The van der Waals surface area contributed by atoms with Gasteiger partial charge in [-0.2, -0.15) is 0 Å². The average molecular weight is 290 g/mol. The maximum absolute atomic E-state index is 11.3. The van der Waals surface area contributed by atoms with E-state index < -0.39 is 0 Å². The van der Waals surface area contributed by atoms with Crippen molar-refractivity contribution in [2.45, 2.75) is 31.2 Å². The van der Waals surface area contributed by atoms with E-state index in [0.29, 0.717) is 11.4 Å². The van der Waals surface area contributed by atoms with E-state index in [-0.39, 0.29) is 36.2 Å². The Morgan fingerprint density at radius 2 is 2.17 bits per heavy atom. The zero-order valence-corrected chi connectivity index (χ0v) is 11.5. The molecule has 1 aliphatic rings. The first-order valence-electron chi connectivity index (χ1n) is 5.74. The zero-order valence-electron chi connectivity index (χ0n) is 9.88. The normalized spacial score (nSPS) is 27.3. The van der Waals surface area contributed by atoms with Crippen LogP contribution in [0.25, 0.3) is 0 Å². The summed E-state index contributed by atoms with van der Waals surface area (Å²) in [6.45, 7) is 0. The fraction of sp³-hybridized carbons (Fsp3) is 0.500. The van der Waals surface area contributed by atoms with Crippen LogP contribution < -0.4 is 11.5 Å². The molecule has 1 amide bonds. The fourth-order valence-corrected chi connectivity index (χ4v) is 2.76. The quantitative estimate of drug-likeness (QED) is 0.872. The lowest BCUT2D eigenvalue weighted by Crippen LogP contribution is -2.38. The van der Waals surface area contributed by atoms with Crippen molar-refractivity contribution in [2.75, 3.05) is 0 Å². The topological polar surface area (TPSA) is 82.0 Å². The lowest BCUT2D eigenvalue weighted by Gasteiger charge is -2.33. The maximum atomic E-state index is 11.3. The van der Waals surface area contributed by atoms with Gasteiger partial charge in [-0.3, -0.25) is 9.78 Å². The van der Waals surface area contributed by atoms with Crippen LogP contribution >= 0.6 is 24.0 Å². The minimum atomic E-state index is -0.243. The largest absolute Gasteiger partial charge is 0.369 e. The first-order valence-corrected chi connectivity index (χ1v) is 6.11. The molecule has 3 atom stereocenters. The van der Waals surface area contributed by atoms with Crippen LogP contribution in [-0.2, 0) is 4.79 Å². The number of hydrogen-bond donors (Lipinski definition) is 2. The van der Waals surface area contributed by atoms with Gasteiger partial charge in [0.25, 0.3) is 0 Å². The number of aromatic nitrogens is 1. The third kappa shape index (κ3) is 3.13. The Hall–Kier alpha value is -0.840. The highest BCUT2D eigenvalue weighted by Gasteiger charge is 2.32. The predicted octanol–water partition coefficient (Wildman–Crippen LogP) is 1.85. The number of nitrogens with two attached hydrogens (primary N) is 2. The molecule has 4 N–H and O–H groups in total. The van der Waals surface area contributed by atoms with Crippen molar-refractivity contribution in [1.82, 2.24) is 4.98 Å². The molecule has 0 saturated heterocycles. The molecule has 4 nitrogen and oxygen atoms in total. The van der Waals surface area contributed by atoms with Gasteiger partial charge in [-0.05, 0) is 30.9 Å². The molecule has 1 heterocycles. The van der Waals surface area contributed by atoms with Crippen molar-refractivity contribution in [3.05, 3.63) is 29.0 Å². The molecule has 3 unspecified atom stereocenters. The molecule has 18 heavy (non-hydrogen) atoms. The summed E-state index contributed by atoms with van der Waals surface area (Å²) < 4.78 is 0. The second kappa shape index (κ2) is 6.36. The van der Waals surface area contributed by atoms with E-state index in [1.165, 1.54) is 0 Å². The third-order valence-corrected chi connectivity index (χ3v) is 3.83. The molecule has 0 aliphatic heterocycles. The summed E-state index contributed by atoms with van der Waals surface area (Å²) in [5.41, 5.74) is 12.4. The van der Waals surface area contributed by atoms with Crippen molar-refractivity contribution < 1.29 is 4.79 Å². The Labute approximate surface area is 117 Å². The highest BCUT2D eigenvalue weighted by Crippen LogP contribution is 2.37. The van der Waals surface area contributed by atoms with E-state index in [2.05, 4.69) is 4.98 Å². The van der Waals surface area contributed by atoms with Gasteiger partial charge in [-0.15, -0.1) is 12.4 Å². The summed E-state index contributed by atoms with van der Waals surface area (Å²) in [6, 6.07) is 1.90. The molecule has 0 spiro atoms. The van der Waals surface area contributed by atoms with Crippen LogP contribution in [0, 0.1) is 5.92 Å². The lowest BCUT2D eigenvalue weighted by molar-refractivity contribution is -0.122. The van der Waals surface area contributed by atoms with Gasteiger partial charge < -0.3 is 11.5 Å². The molecular formula is C12H17Cl2N3O. The lowest BCUT2D eigenvalue weighted by atomic mass is 9.75. The standard InChI is InChI=1S/C12H16ClN3O.ClH/c13-10-6-16-4-3-8(10)9-5-7(12(15)17)1-2-11(9)14;/h3-4,6-7,9,11H,1-2,5,14H2,(H2,15,17);1H. The first-order chi connectivity index (χ1) is 8.09. The second-order valence-corrected chi connectivity index (χ2v) is 4.99. The minimum Gasteiger partial charge on any atom is -0.369 e. The maximum Gasteiger partial charge on any atom is 0.220 e. The number of primary amides is 1. The summed E-state index contributed by atoms with van der Waals surface area (Å²) in [4.78, 5) is 15.2. The highest BCUT2D eigenvalue weighted by molar-refractivity contribution is 6.31. The number of amides is 1. The van der Waals surface area contributed by atoms with Crippen LogP contribution in [0.5, 0.6) is 0 Å². The van der Waals surface area contributed by atoms with Crippen LogP contribution in [0.2, 0.25) is 5.02 Å². The molecule has 100 valence electrons. The smallest absolute Gasteiger partial charge is 0.220 e. The van der Waals surface area contributed by atoms with E-state index in [0.717, 1.165) is 18.4 Å². The van der Waals surface area contributed by atoms with Gasteiger partial charge in [0.15, 0.2) is 0 Å². The van der Waals surface area contributed by atoms with E-state index in [1.54, 1.807) is 12.4 Å². The van der Waals surface area contributed by atoms with E-state index in [1.807, 2.05) is 6.07 Å². The fourth-order valence-electron chi connectivity index (χ4n) is 2.50. The number of carbonyl (C=O) groups excluding carboxylic acids is 1. The Morgan fingerprint density at radius 3 is 2.78 bits per heavy atom. The van der Waals surface area contributed by atoms with Gasteiger partial charge in [0.2, 0.25) is 5.91 Å². The summed E-state index contributed by atoms with van der Waals surface area (Å²) in [6.07, 6.45) is 5.56. The van der Waals surface area contributed by atoms with Gasteiger partial charge in [-0.25, -0.2) is 0 Å². The predicted molar refractivity (Wildman–Crippen MR) is 73.7 cm³/mol. The molecule has 1 aromatic heterocycles.